The molecule has 1 rings (SSSR count). The Bertz CT molecular complexity index is 391. The number of allylic oxidation sites excluding steroid dienone is 2. The number of hydrogen-bond acceptors (Lipinski definition) is 1. The first-order valence-electron chi connectivity index (χ1n) is 5.09. The molecule has 0 aliphatic heterocycles. The Hall–Kier alpha value is -1.44. The van der Waals surface area contributed by atoms with Gasteiger partial charge in [0.05, 0.1) is 5.71 Å². The normalized spacial score (nSPS) is 13.1. The van der Waals surface area contributed by atoms with Gasteiger partial charge in [0.25, 0.3) is 0 Å². The van der Waals surface area contributed by atoms with Crippen LogP contribution in [0.4, 0.5) is 4.39 Å². The zero-order valence-corrected chi connectivity index (χ0v) is 9.42. The van der Waals surface area contributed by atoms with Crippen LogP contribution in [0.25, 0.3) is 0 Å². The minimum Gasteiger partial charge on any atom is -0.288 e. The van der Waals surface area contributed by atoms with Crippen molar-refractivity contribution in [1.29, 1.82) is 0 Å². The fraction of sp³-hybridized carbons (Fsp3) is 0.308. The van der Waals surface area contributed by atoms with E-state index in [1.807, 2.05) is 13.0 Å². The lowest BCUT2D eigenvalue weighted by atomic mass is 10.0. The molecule has 2 heteroatoms. The summed E-state index contributed by atoms with van der Waals surface area (Å²) in [5, 5.41) is 0. The molecule has 0 aliphatic rings. The van der Waals surface area contributed by atoms with Crippen LogP contribution in [0.5, 0.6) is 0 Å². The van der Waals surface area contributed by atoms with E-state index < -0.39 is 0 Å². The lowest BCUT2D eigenvalue weighted by molar-refractivity contribution is 0.625. The molecule has 0 radical (unpaired) electrons. The highest BCUT2D eigenvalue weighted by Gasteiger charge is 2.09. The van der Waals surface area contributed by atoms with Crippen LogP contribution in [0, 0.1) is 5.82 Å². The number of aliphatic imine (C=N–C) groups is 1. The standard InChI is InChI=1S/C13H16FN/c1-4-7-10(2)13(15-3)11-8-5-6-9-12(11)14/h5-9H,4H2,1-3H3/b10-7-,15-13+. The van der Waals surface area contributed by atoms with Crippen LogP contribution in [0.1, 0.15) is 25.8 Å². The molecule has 0 spiro atoms. The van der Waals surface area contributed by atoms with E-state index in [4.69, 9.17) is 0 Å². The van der Waals surface area contributed by atoms with Crippen LogP contribution in [0.3, 0.4) is 0 Å². The molecule has 0 unspecified atom stereocenters. The summed E-state index contributed by atoms with van der Waals surface area (Å²) < 4.78 is 13.5. The van der Waals surface area contributed by atoms with Crippen molar-refractivity contribution in [2.24, 2.45) is 4.99 Å². The maximum absolute atomic E-state index is 13.5. The van der Waals surface area contributed by atoms with E-state index in [0.29, 0.717) is 5.56 Å². The molecular formula is C13H16FN. The first kappa shape index (κ1) is 11.6. The molecule has 1 aromatic rings. The Labute approximate surface area is 90.4 Å². The summed E-state index contributed by atoms with van der Waals surface area (Å²) in [5.41, 5.74) is 2.32. The third kappa shape index (κ3) is 2.75. The van der Waals surface area contributed by atoms with E-state index in [9.17, 15) is 4.39 Å². The first-order valence-corrected chi connectivity index (χ1v) is 5.09. The molecule has 80 valence electrons. The molecule has 0 fully saturated rings. The van der Waals surface area contributed by atoms with E-state index in [0.717, 1.165) is 17.7 Å². The van der Waals surface area contributed by atoms with Crippen LogP contribution in [0.15, 0.2) is 40.9 Å². The average Bonchev–Trinajstić information content (AvgIpc) is 2.22. The fourth-order valence-corrected chi connectivity index (χ4v) is 1.57. The van der Waals surface area contributed by atoms with E-state index in [1.165, 1.54) is 6.07 Å². The Morgan fingerprint density at radius 3 is 2.60 bits per heavy atom. The van der Waals surface area contributed by atoms with Crippen molar-refractivity contribution in [2.45, 2.75) is 20.3 Å². The third-order valence-corrected chi connectivity index (χ3v) is 2.24. The van der Waals surface area contributed by atoms with Gasteiger partial charge in [-0.3, -0.25) is 4.99 Å². The van der Waals surface area contributed by atoms with Crippen molar-refractivity contribution in [2.75, 3.05) is 7.05 Å². The summed E-state index contributed by atoms with van der Waals surface area (Å²) in [6.45, 7) is 4.01. The molecule has 15 heavy (non-hydrogen) atoms. The lowest BCUT2D eigenvalue weighted by Crippen LogP contribution is -2.05. The minimum absolute atomic E-state index is 0.220. The van der Waals surface area contributed by atoms with Crippen LogP contribution in [0.2, 0.25) is 0 Å². The van der Waals surface area contributed by atoms with Gasteiger partial charge in [-0.05, 0) is 31.1 Å². The van der Waals surface area contributed by atoms with Gasteiger partial charge in [-0.25, -0.2) is 4.39 Å². The molecule has 0 N–H and O–H groups in total. The molecule has 0 amide bonds. The Morgan fingerprint density at radius 1 is 1.40 bits per heavy atom. The van der Waals surface area contributed by atoms with Crippen molar-refractivity contribution in [3.05, 3.63) is 47.3 Å². The minimum atomic E-state index is -0.220. The van der Waals surface area contributed by atoms with Crippen molar-refractivity contribution in [3.63, 3.8) is 0 Å². The predicted octanol–water partition coefficient (Wildman–Crippen LogP) is 3.60. The zero-order chi connectivity index (χ0) is 11.3. The van der Waals surface area contributed by atoms with E-state index in [-0.39, 0.29) is 5.82 Å². The number of hydrogen-bond donors (Lipinski definition) is 0. The number of benzene rings is 1. The van der Waals surface area contributed by atoms with Crippen molar-refractivity contribution in [1.82, 2.24) is 0 Å². The smallest absolute Gasteiger partial charge is 0.132 e. The van der Waals surface area contributed by atoms with Gasteiger partial charge < -0.3 is 0 Å². The summed E-state index contributed by atoms with van der Waals surface area (Å²) in [7, 11) is 1.69. The van der Waals surface area contributed by atoms with Crippen LogP contribution in [-0.2, 0) is 0 Å². The monoisotopic (exact) mass is 205 g/mol. The van der Waals surface area contributed by atoms with Gasteiger partial charge in [0, 0.05) is 12.6 Å². The second-order valence-electron chi connectivity index (χ2n) is 3.35. The van der Waals surface area contributed by atoms with Gasteiger partial charge in [0.1, 0.15) is 5.82 Å². The highest BCUT2D eigenvalue weighted by atomic mass is 19.1. The van der Waals surface area contributed by atoms with Gasteiger partial charge in [-0.2, -0.15) is 0 Å². The summed E-state index contributed by atoms with van der Waals surface area (Å²) in [6.07, 6.45) is 2.98. The highest BCUT2D eigenvalue weighted by Crippen LogP contribution is 2.13. The molecule has 0 aliphatic carbocycles. The highest BCUT2D eigenvalue weighted by molar-refractivity contribution is 6.12. The largest absolute Gasteiger partial charge is 0.288 e. The second kappa shape index (κ2) is 5.44. The summed E-state index contributed by atoms with van der Waals surface area (Å²) in [5.74, 6) is -0.220. The maximum atomic E-state index is 13.5. The number of rotatable bonds is 3. The third-order valence-electron chi connectivity index (χ3n) is 2.24. The fourth-order valence-electron chi connectivity index (χ4n) is 1.57. The maximum Gasteiger partial charge on any atom is 0.132 e. The van der Waals surface area contributed by atoms with Crippen LogP contribution in [-0.4, -0.2) is 12.8 Å². The molecule has 0 aromatic heterocycles. The van der Waals surface area contributed by atoms with Gasteiger partial charge in [0.2, 0.25) is 0 Å². The van der Waals surface area contributed by atoms with Gasteiger partial charge in [-0.1, -0.05) is 25.1 Å². The van der Waals surface area contributed by atoms with E-state index in [1.54, 1.807) is 19.2 Å². The first-order chi connectivity index (χ1) is 7.20. The quantitative estimate of drug-likeness (QED) is 0.668. The predicted molar refractivity (Wildman–Crippen MR) is 62.9 cm³/mol. The topological polar surface area (TPSA) is 12.4 Å². The molecule has 0 saturated heterocycles. The Morgan fingerprint density at radius 2 is 2.07 bits per heavy atom. The summed E-state index contributed by atoms with van der Waals surface area (Å²) in [4.78, 5) is 4.15. The van der Waals surface area contributed by atoms with Crippen molar-refractivity contribution >= 4 is 5.71 Å². The van der Waals surface area contributed by atoms with Gasteiger partial charge in [-0.15, -0.1) is 0 Å². The van der Waals surface area contributed by atoms with Crippen molar-refractivity contribution in [3.8, 4) is 0 Å². The second-order valence-corrected chi connectivity index (χ2v) is 3.35. The number of halogens is 1. The average molecular weight is 205 g/mol. The molecule has 0 bridgehead atoms. The van der Waals surface area contributed by atoms with Gasteiger partial charge >= 0.3 is 0 Å². The van der Waals surface area contributed by atoms with E-state index in [2.05, 4.69) is 18.0 Å². The van der Waals surface area contributed by atoms with Crippen LogP contribution < -0.4 is 0 Å². The SMILES string of the molecule is CC/C=C(C)\C(=N/C)c1ccccc1F. The molecule has 1 nitrogen and oxygen atoms in total. The molecule has 0 saturated carbocycles. The molecule has 0 heterocycles. The van der Waals surface area contributed by atoms with E-state index >= 15 is 0 Å². The molecular weight excluding hydrogens is 189 g/mol. The zero-order valence-electron chi connectivity index (χ0n) is 9.42. The summed E-state index contributed by atoms with van der Waals surface area (Å²) >= 11 is 0. The molecule has 1 aromatic carbocycles. The van der Waals surface area contributed by atoms with Gasteiger partial charge in [0.15, 0.2) is 0 Å². The molecule has 0 atom stereocenters. The number of nitrogens with zero attached hydrogens (tertiary/aromatic N) is 1. The lowest BCUT2D eigenvalue weighted by Gasteiger charge is -2.07. The Kier molecular flexibility index (Phi) is 4.22. The van der Waals surface area contributed by atoms with Crippen molar-refractivity contribution < 1.29 is 4.39 Å². The van der Waals surface area contributed by atoms with Crippen LogP contribution >= 0.6 is 0 Å². The summed E-state index contributed by atoms with van der Waals surface area (Å²) in [6, 6.07) is 6.72. The Balaban J connectivity index is 3.16.